The van der Waals surface area contributed by atoms with E-state index in [0.717, 1.165) is 6.42 Å². The zero-order chi connectivity index (χ0) is 12.8. The molecular weight excluding hydrogens is 204 g/mol. The minimum absolute atomic E-state index is 0.0794. The molecule has 2 N–H and O–H groups in total. The van der Waals surface area contributed by atoms with Gasteiger partial charge in [0.15, 0.2) is 0 Å². The van der Waals surface area contributed by atoms with Crippen LogP contribution >= 0.6 is 0 Å². The molecule has 0 aliphatic rings. The highest BCUT2D eigenvalue weighted by Crippen LogP contribution is 2.18. The van der Waals surface area contributed by atoms with Crippen LogP contribution in [-0.2, 0) is 4.74 Å². The first-order chi connectivity index (χ1) is 7.19. The van der Waals surface area contributed by atoms with Gasteiger partial charge in [-0.2, -0.15) is 5.11 Å². The van der Waals surface area contributed by atoms with E-state index in [1.54, 1.807) is 0 Å². The van der Waals surface area contributed by atoms with Gasteiger partial charge in [0.25, 0.3) is 0 Å². The van der Waals surface area contributed by atoms with Crippen molar-refractivity contribution in [3.8, 4) is 0 Å². The fourth-order valence-corrected chi connectivity index (χ4v) is 1.00. The zero-order valence-electron chi connectivity index (χ0n) is 11.4. The minimum Gasteiger partial charge on any atom is -0.361 e. The van der Waals surface area contributed by atoms with Crippen molar-refractivity contribution in [2.24, 2.45) is 16.1 Å². The molecule has 0 unspecified atom stereocenters. The van der Waals surface area contributed by atoms with Crippen molar-refractivity contribution < 1.29 is 4.74 Å². The number of nitrogens with zero attached hydrogens (tertiary/aromatic N) is 3. The molecule has 0 saturated carbocycles. The van der Waals surface area contributed by atoms with E-state index in [9.17, 15) is 0 Å². The lowest BCUT2D eigenvalue weighted by Crippen LogP contribution is -2.41. The van der Waals surface area contributed by atoms with Crippen LogP contribution in [0.25, 0.3) is 0 Å². The number of rotatable bonds is 7. The van der Waals surface area contributed by atoms with Crippen molar-refractivity contribution >= 4 is 0 Å². The lowest BCUT2D eigenvalue weighted by molar-refractivity contribution is -0.0302. The Labute approximate surface area is 99.0 Å². The zero-order valence-corrected chi connectivity index (χ0v) is 11.4. The van der Waals surface area contributed by atoms with E-state index in [1.165, 1.54) is 0 Å². The largest absolute Gasteiger partial charge is 0.361 e. The van der Waals surface area contributed by atoms with Crippen molar-refractivity contribution in [1.82, 2.24) is 5.01 Å². The molecule has 0 heterocycles. The molecule has 5 heteroatoms. The van der Waals surface area contributed by atoms with Crippen molar-refractivity contribution in [1.29, 1.82) is 0 Å². The van der Waals surface area contributed by atoms with Crippen molar-refractivity contribution in [2.75, 3.05) is 20.2 Å². The van der Waals surface area contributed by atoms with Gasteiger partial charge in [0.05, 0.1) is 18.7 Å². The molecule has 0 amide bonds. The maximum atomic E-state index is 5.74. The molecule has 0 bridgehead atoms. The summed E-state index contributed by atoms with van der Waals surface area (Å²) in [5, 5.41) is 9.95. The molecule has 0 radical (unpaired) electrons. The molecule has 16 heavy (non-hydrogen) atoms. The van der Waals surface area contributed by atoms with Crippen molar-refractivity contribution in [3.63, 3.8) is 0 Å². The predicted octanol–water partition coefficient (Wildman–Crippen LogP) is 2.19. The van der Waals surface area contributed by atoms with Gasteiger partial charge in [-0.15, -0.1) is 0 Å². The van der Waals surface area contributed by atoms with Crippen LogP contribution in [0.4, 0.5) is 0 Å². The summed E-state index contributed by atoms with van der Waals surface area (Å²) in [4.78, 5) is 0. The normalized spacial score (nSPS) is 13.4. The lowest BCUT2D eigenvalue weighted by atomic mass is 10.0. The highest BCUT2D eigenvalue weighted by Gasteiger charge is 2.24. The SMILES string of the molecule is CCN=NN(C)C(C)(C)CCOC(C)(C)N. The molecule has 5 nitrogen and oxygen atoms in total. The van der Waals surface area contributed by atoms with Crippen LogP contribution in [0, 0.1) is 0 Å². The van der Waals surface area contributed by atoms with E-state index < -0.39 is 5.72 Å². The minimum atomic E-state index is -0.570. The maximum absolute atomic E-state index is 5.74. The third-order valence-electron chi connectivity index (χ3n) is 2.40. The Kier molecular flexibility index (Phi) is 5.89. The molecule has 0 aliphatic heterocycles. The topological polar surface area (TPSA) is 63.2 Å². The Morgan fingerprint density at radius 2 is 1.81 bits per heavy atom. The summed E-state index contributed by atoms with van der Waals surface area (Å²) >= 11 is 0. The number of hydrogen-bond donors (Lipinski definition) is 1. The van der Waals surface area contributed by atoms with Crippen molar-refractivity contribution in [2.45, 2.75) is 52.3 Å². The van der Waals surface area contributed by atoms with Crippen LogP contribution in [0.1, 0.15) is 41.0 Å². The van der Waals surface area contributed by atoms with Gasteiger partial charge in [-0.3, -0.25) is 5.01 Å². The third-order valence-corrected chi connectivity index (χ3v) is 2.40. The molecule has 0 saturated heterocycles. The van der Waals surface area contributed by atoms with Crippen molar-refractivity contribution in [3.05, 3.63) is 0 Å². The molecule has 0 atom stereocenters. The van der Waals surface area contributed by atoms with Gasteiger partial charge in [-0.05, 0) is 41.0 Å². The summed E-state index contributed by atoms with van der Waals surface area (Å²) in [6.07, 6.45) is 0.854. The fraction of sp³-hybridized carbons (Fsp3) is 1.00. The third kappa shape index (κ3) is 6.74. The molecule has 0 fully saturated rings. The van der Waals surface area contributed by atoms with E-state index in [-0.39, 0.29) is 5.54 Å². The van der Waals surface area contributed by atoms with Crippen LogP contribution in [0.2, 0.25) is 0 Å². The Balaban J connectivity index is 4.08. The van der Waals surface area contributed by atoms with Gasteiger partial charge >= 0.3 is 0 Å². The fourth-order valence-electron chi connectivity index (χ4n) is 1.00. The maximum Gasteiger partial charge on any atom is 0.111 e. The highest BCUT2D eigenvalue weighted by molar-refractivity contribution is 4.76. The quantitative estimate of drug-likeness (QED) is 0.414. The van der Waals surface area contributed by atoms with E-state index in [4.69, 9.17) is 10.5 Å². The smallest absolute Gasteiger partial charge is 0.111 e. The summed E-state index contributed by atoms with van der Waals surface area (Å²) in [6.45, 7) is 11.2. The molecule has 0 aromatic carbocycles. The molecule has 0 aliphatic carbocycles. The number of ether oxygens (including phenoxy) is 1. The second-order valence-electron chi connectivity index (χ2n) is 5.09. The van der Waals surface area contributed by atoms with E-state index >= 15 is 0 Å². The molecule has 96 valence electrons. The van der Waals surface area contributed by atoms with Crippen LogP contribution in [-0.4, -0.2) is 36.5 Å². The summed E-state index contributed by atoms with van der Waals surface area (Å²) in [5.41, 5.74) is 5.09. The van der Waals surface area contributed by atoms with Crippen LogP contribution < -0.4 is 5.73 Å². The van der Waals surface area contributed by atoms with E-state index in [0.29, 0.717) is 13.2 Å². The Morgan fingerprint density at radius 3 is 2.25 bits per heavy atom. The summed E-state index contributed by atoms with van der Waals surface area (Å²) in [6, 6.07) is 0. The molecule has 0 spiro atoms. The lowest BCUT2D eigenvalue weighted by Gasteiger charge is -2.33. The van der Waals surface area contributed by atoms with Gasteiger partial charge in [-0.25, -0.2) is 0 Å². The second-order valence-corrected chi connectivity index (χ2v) is 5.09. The Hall–Kier alpha value is -0.680. The standard InChI is InChI=1S/C11H26N4O/c1-7-13-14-15(6)10(2,3)8-9-16-11(4,5)12/h7-9,12H2,1-6H3. The number of hydrogen-bond acceptors (Lipinski definition) is 4. The van der Waals surface area contributed by atoms with E-state index in [1.807, 2.05) is 32.8 Å². The Bertz CT molecular complexity index is 221. The van der Waals surface area contributed by atoms with E-state index in [2.05, 4.69) is 24.2 Å². The molecule has 0 aromatic rings. The monoisotopic (exact) mass is 230 g/mol. The summed E-state index contributed by atoms with van der Waals surface area (Å²) in [5.74, 6) is 0. The van der Waals surface area contributed by atoms with Crippen LogP contribution in [0.3, 0.4) is 0 Å². The second kappa shape index (κ2) is 6.15. The van der Waals surface area contributed by atoms with Crippen LogP contribution in [0.15, 0.2) is 10.3 Å². The summed E-state index contributed by atoms with van der Waals surface area (Å²) in [7, 11) is 1.92. The average Bonchev–Trinajstić information content (AvgIpc) is 2.11. The predicted molar refractivity (Wildman–Crippen MR) is 66.1 cm³/mol. The molecular formula is C11H26N4O. The van der Waals surface area contributed by atoms with Gasteiger partial charge in [0.1, 0.15) is 5.72 Å². The molecule has 0 rings (SSSR count). The first kappa shape index (κ1) is 15.3. The van der Waals surface area contributed by atoms with Crippen LogP contribution in [0.5, 0.6) is 0 Å². The highest BCUT2D eigenvalue weighted by atomic mass is 16.5. The Morgan fingerprint density at radius 1 is 1.25 bits per heavy atom. The van der Waals surface area contributed by atoms with Gasteiger partial charge in [-0.1, -0.05) is 5.22 Å². The number of nitrogens with two attached hydrogens (primary N) is 1. The first-order valence-corrected chi connectivity index (χ1v) is 5.73. The first-order valence-electron chi connectivity index (χ1n) is 5.73. The van der Waals surface area contributed by atoms with Gasteiger partial charge in [0.2, 0.25) is 0 Å². The van der Waals surface area contributed by atoms with Gasteiger partial charge in [0, 0.05) is 7.05 Å². The summed E-state index contributed by atoms with van der Waals surface area (Å²) < 4.78 is 5.50. The van der Waals surface area contributed by atoms with Gasteiger partial charge < -0.3 is 10.5 Å². The molecule has 0 aromatic heterocycles. The average molecular weight is 230 g/mol.